The maximum atomic E-state index is 11.8. The lowest BCUT2D eigenvalue weighted by molar-refractivity contribution is 0.373. The van der Waals surface area contributed by atoms with E-state index in [0.29, 0.717) is 17.1 Å². The van der Waals surface area contributed by atoms with Crippen LogP contribution >= 0.6 is 0 Å². The molecule has 1 aromatic heterocycles. The SMILES string of the molecule is COc1cc(-c2cc(C3=CC=CC3)nc(=O)[nH]2)ccc1O. The van der Waals surface area contributed by atoms with Crippen molar-refractivity contribution in [2.45, 2.75) is 6.42 Å². The van der Waals surface area contributed by atoms with Crippen LogP contribution in [-0.4, -0.2) is 22.2 Å². The Kier molecular flexibility index (Phi) is 3.31. The molecule has 0 fully saturated rings. The van der Waals surface area contributed by atoms with Crippen LogP contribution < -0.4 is 10.4 Å². The number of phenols is 1. The van der Waals surface area contributed by atoms with Crippen molar-refractivity contribution in [3.63, 3.8) is 0 Å². The summed E-state index contributed by atoms with van der Waals surface area (Å²) in [6.07, 6.45) is 6.68. The second-order valence-electron chi connectivity index (χ2n) is 4.70. The molecule has 0 aliphatic heterocycles. The standard InChI is InChI=1S/C16H14N2O3/c1-21-15-8-11(6-7-14(15)19)13-9-12(17-16(20)18-13)10-4-2-3-5-10/h2-4,6-9,19H,5H2,1H3,(H,17,18,20). The first-order valence-electron chi connectivity index (χ1n) is 6.52. The number of aromatic hydroxyl groups is 1. The molecule has 0 spiro atoms. The second-order valence-corrected chi connectivity index (χ2v) is 4.70. The largest absolute Gasteiger partial charge is 0.504 e. The third-order valence-corrected chi connectivity index (χ3v) is 3.34. The van der Waals surface area contributed by atoms with Crippen LogP contribution in [0.25, 0.3) is 16.8 Å². The first kappa shape index (κ1) is 13.2. The molecule has 0 saturated heterocycles. The molecule has 5 heteroatoms. The van der Waals surface area contributed by atoms with Gasteiger partial charge >= 0.3 is 5.69 Å². The Bertz CT molecular complexity index is 803. The predicted octanol–water partition coefficient (Wildman–Crippen LogP) is 2.49. The Morgan fingerprint density at radius 2 is 2.19 bits per heavy atom. The molecular formula is C16H14N2O3. The molecule has 2 aromatic rings. The number of aromatic amines is 1. The zero-order chi connectivity index (χ0) is 14.8. The number of hydrogen-bond donors (Lipinski definition) is 2. The Morgan fingerprint density at radius 1 is 1.33 bits per heavy atom. The Hall–Kier alpha value is -2.82. The molecule has 21 heavy (non-hydrogen) atoms. The molecule has 2 N–H and O–H groups in total. The summed E-state index contributed by atoms with van der Waals surface area (Å²) in [6, 6.07) is 6.74. The normalized spacial score (nSPS) is 13.3. The van der Waals surface area contributed by atoms with Crippen molar-refractivity contribution in [1.29, 1.82) is 0 Å². The Morgan fingerprint density at radius 3 is 2.90 bits per heavy atom. The number of nitrogens with zero attached hydrogens (tertiary/aromatic N) is 1. The fraction of sp³-hybridized carbons (Fsp3) is 0.125. The molecular weight excluding hydrogens is 268 g/mol. The highest BCUT2D eigenvalue weighted by Crippen LogP contribution is 2.31. The van der Waals surface area contributed by atoms with E-state index in [2.05, 4.69) is 9.97 Å². The van der Waals surface area contributed by atoms with Crippen molar-refractivity contribution in [2.24, 2.45) is 0 Å². The van der Waals surface area contributed by atoms with E-state index in [1.165, 1.54) is 13.2 Å². The third-order valence-electron chi connectivity index (χ3n) is 3.34. The second kappa shape index (κ2) is 5.28. The summed E-state index contributed by atoms with van der Waals surface area (Å²) in [4.78, 5) is 18.5. The van der Waals surface area contributed by atoms with Crippen LogP contribution in [0, 0.1) is 0 Å². The molecule has 1 heterocycles. The van der Waals surface area contributed by atoms with E-state index in [0.717, 1.165) is 17.6 Å². The minimum atomic E-state index is -0.401. The molecule has 1 aliphatic carbocycles. The van der Waals surface area contributed by atoms with Crippen molar-refractivity contribution in [3.05, 3.63) is 58.7 Å². The number of allylic oxidation sites excluding steroid dienone is 4. The van der Waals surface area contributed by atoms with E-state index in [1.54, 1.807) is 12.1 Å². The van der Waals surface area contributed by atoms with Gasteiger partial charge in [-0.3, -0.25) is 0 Å². The zero-order valence-corrected chi connectivity index (χ0v) is 11.5. The summed E-state index contributed by atoms with van der Waals surface area (Å²) in [7, 11) is 1.48. The summed E-state index contributed by atoms with van der Waals surface area (Å²) >= 11 is 0. The maximum Gasteiger partial charge on any atom is 0.345 e. The molecule has 1 aliphatic rings. The van der Waals surface area contributed by atoms with Crippen molar-refractivity contribution in [2.75, 3.05) is 7.11 Å². The van der Waals surface area contributed by atoms with E-state index in [1.807, 2.05) is 24.3 Å². The molecule has 0 radical (unpaired) electrons. The van der Waals surface area contributed by atoms with Gasteiger partial charge in [-0.05, 0) is 36.3 Å². The third kappa shape index (κ3) is 2.58. The highest BCUT2D eigenvalue weighted by atomic mass is 16.5. The number of H-pyrrole nitrogens is 1. The van der Waals surface area contributed by atoms with Gasteiger partial charge in [0, 0.05) is 5.56 Å². The number of phenolic OH excluding ortho intramolecular Hbond substituents is 1. The molecule has 3 rings (SSSR count). The van der Waals surface area contributed by atoms with Gasteiger partial charge < -0.3 is 14.8 Å². The van der Waals surface area contributed by atoms with Gasteiger partial charge in [0.2, 0.25) is 0 Å². The van der Waals surface area contributed by atoms with Crippen LogP contribution in [0.2, 0.25) is 0 Å². The molecule has 0 bridgehead atoms. The van der Waals surface area contributed by atoms with E-state index in [4.69, 9.17) is 4.74 Å². The predicted molar refractivity (Wildman–Crippen MR) is 80.2 cm³/mol. The molecule has 0 saturated carbocycles. The number of benzene rings is 1. The summed E-state index contributed by atoms with van der Waals surface area (Å²) < 4.78 is 5.09. The van der Waals surface area contributed by atoms with E-state index in [-0.39, 0.29) is 5.75 Å². The van der Waals surface area contributed by atoms with Gasteiger partial charge in [-0.1, -0.05) is 18.2 Å². The van der Waals surface area contributed by atoms with Crippen LogP contribution in [0.3, 0.4) is 0 Å². The quantitative estimate of drug-likeness (QED) is 0.907. The zero-order valence-electron chi connectivity index (χ0n) is 11.5. The highest BCUT2D eigenvalue weighted by molar-refractivity contribution is 5.72. The van der Waals surface area contributed by atoms with Gasteiger partial charge in [-0.25, -0.2) is 4.79 Å². The van der Waals surface area contributed by atoms with Gasteiger partial charge in [0.25, 0.3) is 0 Å². The van der Waals surface area contributed by atoms with Gasteiger partial charge in [0.15, 0.2) is 11.5 Å². The van der Waals surface area contributed by atoms with Gasteiger partial charge in [0.1, 0.15) is 0 Å². The molecule has 1 aromatic carbocycles. The fourth-order valence-corrected chi connectivity index (χ4v) is 2.26. The highest BCUT2D eigenvalue weighted by Gasteiger charge is 2.10. The average Bonchev–Trinajstić information content (AvgIpc) is 3.01. The van der Waals surface area contributed by atoms with Gasteiger partial charge in [-0.15, -0.1) is 0 Å². The van der Waals surface area contributed by atoms with Crippen LogP contribution in [0.5, 0.6) is 11.5 Å². The summed E-state index contributed by atoms with van der Waals surface area (Å²) in [5.41, 5.74) is 2.65. The topological polar surface area (TPSA) is 75.2 Å². The first-order chi connectivity index (χ1) is 10.2. The Labute approximate surface area is 121 Å². The molecule has 0 amide bonds. The number of ether oxygens (including phenoxy) is 1. The smallest absolute Gasteiger partial charge is 0.345 e. The summed E-state index contributed by atoms with van der Waals surface area (Å²) in [5, 5.41) is 9.64. The average molecular weight is 282 g/mol. The van der Waals surface area contributed by atoms with Gasteiger partial charge in [-0.2, -0.15) is 4.98 Å². The fourth-order valence-electron chi connectivity index (χ4n) is 2.26. The minimum Gasteiger partial charge on any atom is -0.504 e. The maximum absolute atomic E-state index is 11.8. The van der Waals surface area contributed by atoms with Crippen molar-refractivity contribution >= 4 is 5.57 Å². The van der Waals surface area contributed by atoms with Crippen LogP contribution in [-0.2, 0) is 0 Å². The van der Waals surface area contributed by atoms with Crippen LogP contribution in [0.4, 0.5) is 0 Å². The number of aromatic nitrogens is 2. The molecule has 0 unspecified atom stereocenters. The number of nitrogens with one attached hydrogen (secondary N) is 1. The lowest BCUT2D eigenvalue weighted by atomic mass is 10.1. The molecule has 106 valence electrons. The Balaban J connectivity index is 2.08. The number of hydrogen-bond acceptors (Lipinski definition) is 4. The van der Waals surface area contributed by atoms with Gasteiger partial charge in [0.05, 0.1) is 18.5 Å². The van der Waals surface area contributed by atoms with Crippen molar-refractivity contribution < 1.29 is 9.84 Å². The van der Waals surface area contributed by atoms with Crippen molar-refractivity contribution in [1.82, 2.24) is 9.97 Å². The minimum absolute atomic E-state index is 0.0561. The molecule has 0 atom stereocenters. The lowest BCUT2D eigenvalue weighted by Gasteiger charge is -2.08. The van der Waals surface area contributed by atoms with Crippen LogP contribution in [0.1, 0.15) is 12.1 Å². The molecule has 5 nitrogen and oxygen atoms in total. The van der Waals surface area contributed by atoms with E-state index in [9.17, 15) is 9.90 Å². The summed E-state index contributed by atoms with van der Waals surface area (Å²) in [5.74, 6) is 0.411. The van der Waals surface area contributed by atoms with E-state index >= 15 is 0 Å². The van der Waals surface area contributed by atoms with Crippen molar-refractivity contribution in [3.8, 4) is 22.8 Å². The monoisotopic (exact) mass is 282 g/mol. The van der Waals surface area contributed by atoms with Crippen LogP contribution in [0.15, 0.2) is 47.3 Å². The lowest BCUT2D eigenvalue weighted by Crippen LogP contribution is -2.13. The number of methoxy groups -OCH3 is 1. The first-order valence-corrected chi connectivity index (χ1v) is 6.52. The number of rotatable bonds is 3. The van der Waals surface area contributed by atoms with E-state index < -0.39 is 5.69 Å². The summed E-state index contributed by atoms with van der Waals surface area (Å²) in [6.45, 7) is 0.